The van der Waals surface area contributed by atoms with Gasteiger partial charge in [-0.05, 0) is 25.1 Å². The van der Waals surface area contributed by atoms with Crippen LogP contribution < -0.4 is 10.0 Å². The van der Waals surface area contributed by atoms with Crippen LogP contribution in [0.15, 0.2) is 46.0 Å². The number of nitrogens with zero attached hydrogens (tertiary/aromatic N) is 1. The number of furan rings is 1. The molecule has 20 heavy (non-hydrogen) atoms. The summed E-state index contributed by atoms with van der Waals surface area (Å²) in [5.41, 5.74) is 0. The lowest BCUT2D eigenvalue weighted by molar-refractivity contribution is 0.506. The van der Waals surface area contributed by atoms with Crippen LogP contribution in [-0.2, 0) is 16.4 Å². The van der Waals surface area contributed by atoms with Crippen molar-refractivity contribution < 1.29 is 12.8 Å². The van der Waals surface area contributed by atoms with Crippen molar-refractivity contribution in [3.05, 3.63) is 42.5 Å². The molecule has 0 radical (unpaired) electrons. The van der Waals surface area contributed by atoms with E-state index in [9.17, 15) is 8.42 Å². The molecule has 0 aliphatic heterocycles. The number of sulfonamides is 1. The summed E-state index contributed by atoms with van der Waals surface area (Å²) in [6.07, 6.45) is 3.55. The smallest absolute Gasteiger partial charge is 0.240 e. The molecule has 0 fully saturated rings. The topological polar surface area (TPSA) is 84.2 Å². The molecule has 0 aliphatic carbocycles. The van der Waals surface area contributed by atoms with E-state index in [1.165, 1.54) is 18.3 Å². The number of anilines is 1. The Hall–Kier alpha value is -1.86. The van der Waals surface area contributed by atoms with E-state index in [1.807, 2.05) is 13.0 Å². The van der Waals surface area contributed by atoms with E-state index in [-0.39, 0.29) is 11.4 Å². The first-order valence-electron chi connectivity index (χ1n) is 6.34. The molecule has 108 valence electrons. The average Bonchev–Trinajstić information content (AvgIpc) is 2.92. The van der Waals surface area contributed by atoms with Crippen LogP contribution in [0.5, 0.6) is 0 Å². The van der Waals surface area contributed by atoms with E-state index in [0.29, 0.717) is 18.8 Å². The van der Waals surface area contributed by atoms with E-state index < -0.39 is 10.0 Å². The quantitative estimate of drug-likeness (QED) is 0.811. The van der Waals surface area contributed by atoms with Crippen LogP contribution in [0.4, 0.5) is 5.82 Å². The maximum atomic E-state index is 12.1. The van der Waals surface area contributed by atoms with Crippen molar-refractivity contribution in [2.24, 2.45) is 0 Å². The number of nitrogens with one attached hydrogen (secondary N) is 2. The molecule has 2 heterocycles. The van der Waals surface area contributed by atoms with Crippen LogP contribution in [0, 0.1) is 0 Å². The molecule has 2 N–H and O–H groups in total. The van der Waals surface area contributed by atoms with E-state index in [4.69, 9.17) is 4.42 Å². The lowest BCUT2D eigenvalue weighted by Crippen LogP contribution is -2.26. The van der Waals surface area contributed by atoms with Gasteiger partial charge in [0.2, 0.25) is 10.0 Å². The highest BCUT2D eigenvalue weighted by atomic mass is 32.2. The first kappa shape index (κ1) is 14.5. The molecule has 0 bridgehead atoms. The molecular weight excluding hydrogens is 278 g/mol. The predicted molar refractivity (Wildman–Crippen MR) is 76.0 cm³/mol. The molecule has 0 saturated carbocycles. The Kier molecular flexibility index (Phi) is 4.75. The lowest BCUT2D eigenvalue weighted by Gasteiger charge is -2.08. The van der Waals surface area contributed by atoms with E-state index >= 15 is 0 Å². The van der Waals surface area contributed by atoms with Gasteiger partial charge in [-0.25, -0.2) is 18.1 Å². The van der Waals surface area contributed by atoms with Crippen LogP contribution in [-0.4, -0.2) is 26.5 Å². The third-order valence-corrected chi connectivity index (χ3v) is 4.10. The van der Waals surface area contributed by atoms with Crippen LogP contribution >= 0.6 is 0 Å². The minimum Gasteiger partial charge on any atom is -0.469 e. The molecule has 2 aromatic heterocycles. The summed E-state index contributed by atoms with van der Waals surface area (Å²) in [4.78, 5) is 4.24. The lowest BCUT2D eigenvalue weighted by atomic mass is 10.3. The second kappa shape index (κ2) is 6.53. The maximum Gasteiger partial charge on any atom is 0.240 e. The normalized spacial score (nSPS) is 11.4. The number of pyridine rings is 1. The molecular formula is C13H17N3O3S. The van der Waals surface area contributed by atoms with Crippen molar-refractivity contribution >= 4 is 15.8 Å². The highest BCUT2D eigenvalue weighted by Crippen LogP contribution is 2.12. The minimum absolute atomic E-state index is 0.197. The standard InChI is InChI=1S/C13H17N3O3S/c1-2-14-13-10-12(6-7-15-13)20(17,18)16-8-5-11-4-3-9-19-11/h3-4,6-7,9-10,16H,2,5,8H2,1H3,(H,14,15). The summed E-state index contributed by atoms with van der Waals surface area (Å²) in [5, 5.41) is 2.98. The Bertz CT molecular complexity index is 639. The number of aromatic nitrogens is 1. The Morgan fingerprint density at radius 2 is 2.20 bits per heavy atom. The predicted octanol–water partition coefficient (Wildman–Crippen LogP) is 1.63. The molecule has 0 amide bonds. The van der Waals surface area contributed by atoms with Crippen molar-refractivity contribution in [3.63, 3.8) is 0 Å². The van der Waals surface area contributed by atoms with Gasteiger partial charge in [-0.1, -0.05) is 0 Å². The molecule has 0 aromatic carbocycles. The van der Waals surface area contributed by atoms with Gasteiger partial charge in [0, 0.05) is 31.8 Å². The molecule has 0 unspecified atom stereocenters. The van der Waals surface area contributed by atoms with Gasteiger partial charge in [-0.3, -0.25) is 0 Å². The molecule has 6 nitrogen and oxygen atoms in total. The van der Waals surface area contributed by atoms with Crippen molar-refractivity contribution in [1.82, 2.24) is 9.71 Å². The highest BCUT2D eigenvalue weighted by Gasteiger charge is 2.14. The molecule has 0 spiro atoms. The van der Waals surface area contributed by atoms with Crippen molar-refractivity contribution in [2.75, 3.05) is 18.4 Å². The fourth-order valence-corrected chi connectivity index (χ4v) is 2.75. The fourth-order valence-electron chi connectivity index (χ4n) is 1.70. The maximum absolute atomic E-state index is 12.1. The Labute approximate surface area is 118 Å². The molecule has 0 saturated heterocycles. The van der Waals surface area contributed by atoms with Crippen molar-refractivity contribution in [3.8, 4) is 0 Å². The summed E-state index contributed by atoms with van der Waals surface area (Å²) in [6, 6.07) is 6.56. The molecule has 0 aliphatic rings. The largest absolute Gasteiger partial charge is 0.469 e. The Morgan fingerprint density at radius 3 is 2.90 bits per heavy atom. The van der Waals surface area contributed by atoms with Crippen LogP contribution in [0.2, 0.25) is 0 Å². The van der Waals surface area contributed by atoms with Crippen molar-refractivity contribution in [1.29, 1.82) is 0 Å². The van der Waals surface area contributed by atoms with Gasteiger partial charge < -0.3 is 9.73 Å². The third-order valence-electron chi connectivity index (χ3n) is 2.64. The summed E-state index contributed by atoms with van der Waals surface area (Å²) >= 11 is 0. The van der Waals surface area contributed by atoms with Crippen LogP contribution in [0.3, 0.4) is 0 Å². The number of hydrogen-bond donors (Lipinski definition) is 2. The van der Waals surface area contributed by atoms with Gasteiger partial charge in [-0.15, -0.1) is 0 Å². The molecule has 7 heteroatoms. The van der Waals surface area contributed by atoms with Gasteiger partial charge in [-0.2, -0.15) is 0 Å². The van der Waals surface area contributed by atoms with Gasteiger partial charge in [0.1, 0.15) is 11.6 Å². The van der Waals surface area contributed by atoms with Gasteiger partial charge in [0.05, 0.1) is 11.2 Å². The molecule has 2 aromatic rings. The minimum atomic E-state index is -3.53. The number of rotatable bonds is 7. The zero-order valence-corrected chi connectivity index (χ0v) is 12.0. The summed E-state index contributed by atoms with van der Waals surface area (Å²) < 4.78 is 31.9. The van der Waals surface area contributed by atoms with E-state index in [1.54, 1.807) is 12.3 Å². The number of hydrogen-bond acceptors (Lipinski definition) is 5. The van der Waals surface area contributed by atoms with Crippen molar-refractivity contribution in [2.45, 2.75) is 18.2 Å². The van der Waals surface area contributed by atoms with Gasteiger partial charge >= 0.3 is 0 Å². The Balaban J connectivity index is 2.00. The fraction of sp³-hybridized carbons (Fsp3) is 0.308. The highest BCUT2D eigenvalue weighted by molar-refractivity contribution is 7.89. The SMILES string of the molecule is CCNc1cc(S(=O)(=O)NCCc2ccco2)ccn1. The van der Waals surface area contributed by atoms with E-state index in [2.05, 4.69) is 15.0 Å². The first-order valence-corrected chi connectivity index (χ1v) is 7.82. The zero-order chi connectivity index (χ0) is 14.4. The van der Waals surface area contributed by atoms with Gasteiger partial charge in [0.15, 0.2) is 0 Å². The Morgan fingerprint density at radius 1 is 1.35 bits per heavy atom. The first-order chi connectivity index (χ1) is 9.62. The van der Waals surface area contributed by atoms with Crippen LogP contribution in [0.25, 0.3) is 0 Å². The summed E-state index contributed by atoms with van der Waals surface area (Å²) in [7, 11) is -3.53. The van der Waals surface area contributed by atoms with E-state index in [0.717, 1.165) is 5.76 Å². The summed E-state index contributed by atoms with van der Waals surface area (Å²) in [6.45, 7) is 2.89. The van der Waals surface area contributed by atoms with Gasteiger partial charge in [0.25, 0.3) is 0 Å². The third kappa shape index (κ3) is 3.82. The summed E-state index contributed by atoms with van der Waals surface area (Å²) in [5.74, 6) is 1.29. The molecule has 0 atom stereocenters. The average molecular weight is 295 g/mol. The second-order valence-corrected chi connectivity index (χ2v) is 5.90. The van der Waals surface area contributed by atoms with Crippen LogP contribution in [0.1, 0.15) is 12.7 Å². The molecule has 2 rings (SSSR count). The monoisotopic (exact) mass is 295 g/mol. The second-order valence-electron chi connectivity index (χ2n) is 4.13. The zero-order valence-electron chi connectivity index (χ0n) is 11.2.